The molecule has 8 heteroatoms. The van der Waals surface area contributed by atoms with Crippen LogP contribution in [-0.2, 0) is 11.8 Å². The Bertz CT molecular complexity index is 1080. The number of halogens is 2. The van der Waals surface area contributed by atoms with Gasteiger partial charge in [0.15, 0.2) is 6.10 Å². The van der Waals surface area contributed by atoms with E-state index in [1.807, 2.05) is 6.07 Å². The van der Waals surface area contributed by atoms with Gasteiger partial charge in [-0.2, -0.15) is 5.10 Å². The number of benzene rings is 2. The van der Waals surface area contributed by atoms with Gasteiger partial charge in [0, 0.05) is 29.4 Å². The Morgan fingerprint density at radius 2 is 1.93 bits per heavy atom. The molecule has 3 rings (SSSR count). The largest absolute Gasteiger partial charge is 0.479 e. The van der Waals surface area contributed by atoms with Gasteiger partial charge in [0.25, 0.3) is 11.5 Å². The first-order valence-electron chi connectivity index (χ1n) is 8.41. The first-order chi connectivity index (χ1) is 13.3. The van der Waals surface area contributed by atoms with Crippen LogP contribution in [0.2, 0.25) is 10.0 Å². The summed E-state index contributed by atoms with van der Waals surface area (Å²) in [6.07, 6.45) is -0.780. The SMILES string of the molecule is C[C@H](Oc1ccc(Cl)cc1Cl)C(=O)Nc1cccc(-c2ccc(=O)n(C)n2)c1. The van der Waals surface area contributed by atoms with Gasteiger partial charge in [0.2, 0.25) is 0 Å². The van der Waals surface area contributed by atoms with Crippen molar-refractivity contribution in [1.82, 2.24) is 9.78 Å². The minimum Gasteiger partial charge on any atom is -0.479 e. The van der Waals surface area contributed by atoms with E-state index in [2.05, 4.69) is 10.4 Å². The van der Waals surface area contributed by atoms with E-state index in [0.29, 0.717) is 27.2 Å². The Balaban J connectivity index is 1.73. The highest BCUT2D eigenvalue weighted by atomic mass is 35.5. The number of hydrogen-bond donors (Lipinski definition) is 1. The first-order valence-corrected chi connectivity index (χ1v) is 9.16. The molecule has 1 atom stereocenters. The van der Waals surface area contributed by atoms with Crippen molar-refractivity contribution in [3.63, 3.8) is 0 Å². The highest BCUT2D eigenvalue weighted by molar-refractivity contribution is 6.35. The smallest absolute Gasteiger partial charge is 0.266 e. The highest BCUT2D eigenvalue weighted by Gasteiger charge is 2.17. The minimum atomic E-state index is -0.780. The molecule has 0 aliphatic heterocycles. The summed E-state index contributed by atoms with van der Waals surface area (Å²) in [7, 11) is 1.58. The Kier molecular flexibility index (Phi) is 6.02. The molecule has 144 valence electrons. The zero-order valence-electron chi connectivity index (χ0n) is 15.1. The van der Waals surface area contributed by atoms with Crippen LogP contribution in [0.5, 0.6) is 5.75 Å². The quantitative estimate of drug-likeness (QED) is 0.676. The van der Waals surface area contributed by atoms with Crippen molar-refractivity contribution >= 4 is 34.8 Å². The molecule has 3 aromatic rings. The average Bonchev–Trinajstić information content (AvgIpc) is 2.66. The standard InChI is InChI=1S/C20H17Cl2N3O3/c1-12(28-18-8-6-14(21)11-16(18)22)20(27)23-15-5-3-4-13(10-15)17-7-9-19(26)25(2)24-17/h3-12H,1-2H3,(H,23,27)/t12-/m0/s1. The number of carbonyl (C=O) groups is 1. The van der Waals surface area contributed by atoms with E-state index in [0.717, 1.165) is 5.56 Å². The van der Waals surface area contributed by atoms with Gasteiger partial charge >= 0.3 is 0 Å². The van der Waals surface area contributed by atoms with Crippen LogP contribution in [0, 0.1) is 0 Å². The number of ether oxygens (including phenoxy) is 1. The van der Waals surface area contributed by atoms with Crippen molar-refractivity contribution in [1.29, 1.82) is 0 Å². The van der Waals surface area contributed by atoms with Gasteiger partial charge in [0.05, 0.1) is 10.7 Å². The third-order valence-corrected chi connectivity index (χ3v) is 4.48. The zero-order chi connectivity index (χ0) is 20.3. The third-order valence-electron chi connectivity index (χ3n) is 3.95. The fourth-order valence-corrected chi connectivity index (χ4v) is 2.92. The molecule has 1 amide bonds. The summed E-state index contributed by atoms with van der Waals surface area (Å²) in [6.45, 7) is 1.62. The van der Waals surface area contributed by atoms with Crippen LogP contribution in [0.3, 0.4) is 0 Å². The molecular formula is C20H17Cl2N3O3. The van der Waals surface area contributed by atoms with E-state index in [1.165, 1.54) is 10.7 Å². The second-order valence-corrected chi connectivity index (χ2v) is 6.93. The number of aryl methyl sites for hydroxylation is 1. The minimum absolute atomic E-state index is 0.194. The molecular weight excluding hydrogens is 401 g/mol. The summed E-state index contributed by atoms with van der Waals surface area (Å²) in [5.41, 5.74) is 1.77. The summed E-state index contributed by atoms with van der Waals surface area (Å²) < 4.78 is 6.88. The molecule has 0 radical (unpaired) electrons. The number of hydrogen-bond acceptors (Lipinski definition) is 4. The molecule has 28 heavy (non-hydrogen) atoms. The van der Waals surface area contributed by atoms with Gasteiger partial charge in [-0.05, 0) is 43.3 Å². The number of anilines is 1. The Morgan fingerprint density at radius 3 is 2.64 bits per heavy atom. The Morgan fingerprint density at radius 1 is 1.14 bits per heavy atom. The number of rotatable bonds is 5. The molecule has 0 spiro atoms. The van der Waals surface area contributed by atoms with Gasteiger partial charge < -0.3 is 10.1 Å². The summed E-state index contributed by atoms with van der Waals surface area (Å²) in [4.78, 5) is 24.0. The number of aromatic nitrogens is 2. The third kappa shape index (κ3) is 4.71. The summed E-state index contributed by atoms with van der Waals surface area (Å²) in [5, 5.41) is 7.82. The normalized spacial score (nSPS) is 11.7. The molecule has 1 aromatic heterocycles. The second-order valence-electron chi connectivity index (χ2n) is 6.09. The van der Waals surface area contributed by atoms with Gasteiger partial charge in [-0.1, -0.05) is 35.3 Å². The predicted molar refractivity (Wildman–Crippen MR) is 110 cm³/mol. The van der Waals surface area contributed by atoms with Gasteiger partial charge in [-0.15, -0.1) is 0 Å². The number of nitrogens with zero attached hydrogens (tertiary/aromatic N) is 2. The van der Waals surface area contributed by atoms with Crippen molar-refractivity contribution in [2.45, 2.75) is 13.0 Å². The van der Waals surface area contributed by atoms with Crippen LogP contribution in [0.15, 0.2) is 59.4 Å². The Hall–Kier alpha value is -2.83. The fraction of sp³-hybridized carbons (Fsp3) is 0.150. The molecule has 1 heterocycles. The van der Waals surface area contributed by atoms with Crippen LogP contribution < -0.4 is 15.6 Å². The zero-order valence-corrected chi connectivity index (χ0v) is 16.7. The maximum Gasteiger partial charge on any atom is 0.266 e. The number of carbonyl (C=O) groups excluding carboxylic acids is 1. The number of amides is 1. The molecule has 0 saturated carbocycles. The van der Waals surface area contributed by atoms with Gasteiger partial charge in [-0.25, -0.2) is 4.68 Å². The molecule has 0 aliphatic rings. The van der Waals surface area contributed by atoms with Crippen LogP contribution in [-0.4, -0.2) is 21.8 Å². The molecule has 6 nitrogen and oxygen atoms in total. The highest BCUT2D eigenvalue weighted by Crippen LogP contribution is 2.28. The molecule has 0 aliphatic carbocycles. The monoisotopic (exact) mass is 417 g/mol. The maximum absolute atomic E-state index is 12.5. The molecule has 0 saturated heterocycles. The predicted octanol–water partition coefficient (Wildman–Crippen LogP) is 4.16. The van der Waals surface area contributed by atoms with E-state index in [4.69, 9.17) is 27.9 Å². The van der Waals surface area contributed by atoms with E-state index in [9.17, 15) is 9.59 Å². The van der Waals surface area contributed by atoms with E-state index in [1.54, 1.807) is 56.4 Å². The van der Waals surface area contributed by atoms with Crippen molar-refractivity contribution in [2.24, 2.45) is 7.05 Å². The van der Waals surface area contributed by atoms with Gasteiger partial charge in [-0.3, -0.25) is 9.59 Å². The van der Waals surface area contributed by atoms with Crippen molar-refractivity contribution in [3.8, 4) is 17.0 Å². The summed E-state index contributed by atoms with van der Waals surface area (Å²) in [5.74, 6) is 0.0356. The second kappa shape index (κ2) is 8.46. The van der Waals surface area contributed by atoms with Crippen LogP contribution >= 0.6 is 23.2 Å². The van der Waals surface area contributed by atoms with Crippen molar-refractivity contribution < 1.29 is 9.53 Å². The lowest BCUT2D eigenvalue weighted by Crippen LogP contribution is -2.30. The Labute approximate surface area is 171 Å². The fourth-order valence-electron chi connectivity index (χ4n) is 2.47. The first kappa shape index (κ1) is 19.9. The molecule has 0 bridgehead atoms. The van der Waals surface area contributed by atoms with Crippen molar-refractivity contribution in [2.75, 3.05) is 5.32 Å². The van der Waals surface area contributed by atoms with Crippen LogP contribution in [0.1, 0.15) is 6.92 Å². The lowest BCUT2D eigenvalue weighted by molar-refractivity contribution is -0.122. The van der Waals surface area contributed by atoms with E-state index in [-0.39, 0.29) is 11.5 Å². The van der Waals surface area contributed by atoms with E-state index >= 15 is 0 Å². The summed E-state index contributed by atoms with van der Waals surface area (Å²) >= 11 is 11.9. The number of nitrogens with one attached hydrogen (secondary N) is 1. The van der Waals surface area contributed by atoms with Crippen molar-refractivity contribution in [3.05, 3.63) is 75.0 Å². The molecule has 0 fully saturated rings. The topological polar surface area (TPSA) is 73.2 Å². The summed E-state index contributed by atoms with van der Waals surface area (Å²) in [6, 6.07) is 15.0. The molecule has 2 aromatic carbocycles. The lowest BCUT2D eigenvalue weighted by atomic mass is 10.1. The average molecular weight is 418 g/mol. The van der Waals surface area contributed by atoms with Gasteiger partial charge in [0.1, 0.15) is 5.75 Å². The van der Waals surface area contributed by atoms with Crippen LogP contribution in [0.4, 0.5) is 5.69 Å². The lowest BCUT2D eigenvalue weighted by Gasteiger charge is -2.16. The van der Waals surface area contributed by atoms with Crippen LogP contribution in [0.25, 0.3) is 11.3 Å². The van der Waals surface area contributed by atoms with E-state index < -0.39 is 6.10 Å². The molecule has 1 N–H and O–H groups in total. The molecule has 0 unspecified atom stereocenters. The maximum atomic E-state index is 12.5.